The van der Waals surface area contributed by atoms with E-state index in [2.05, 4.69) is 17.1 Å². The summed E-state index contributed by atoms with van der Waals surface area (Å²) in [5, 5.41) is 14.5. The molecule has 19 heavy (non-hydrogen) atoms. The number of fused-ring (bicyclic) bond motifs is 2. The Hall–Kier alpha value is -0.120. The molecule has 2 bridgehead atoms. The third-order valence-corrected chi connectivity index (χ3v) is 5.99. The Bertz CT molecular complexity index is 287. The summed E-state index contributed by atoms with van der Waals surface area (Å²) in [6, 6.07) is 0.751. The number of nitrogens with one attached hydrogen (secondary N) is 1. The Morgan fingerprint density at radius 1 is 1.16 bits per heavy atom. The molecule has 2 unspecified atom stereocenters. The number of aliphatic hydroxyl groups is 1. The van der Waals surface area contributed by atoms with Crippen molar-refractivity contribution in [2.75, 3.05) is 26.2 Å². The van der Waals surface area contributed by atoms with Gasteiger partial charge in [0.05, 0.1) is 5.60 Å². The topological polar surface area (TPSA) is 35.5 Å². The molecular formula is C16H30N2O. The monoisotopic (exact) mass is 266 g/mol. The van der Waals surface area contributed by atoms with Crippen LogP contribution in [0.4, 0.5) is 0 Å². The van der Waals surface area contributed by atoms with Gasteiger partial charge in [0.1, 0.15) is 0 Å². The Balaban J connectivity index is 1.64. The van der Waals surface area contributed by atoms with Gasteiger partial charge in [-0.1, -0.05) is 19.8 Å². The molecule has 2 atom stereocenters. The maximum absolute atomic E-state index is 11.1. The van der Waals surface area contributed by atoms with E-state index in [9.17, 15) is 5.11 Å². The number of piperazine rings is 1. The molecule has 3 nitrogen and oxygen atoms in total. The average molecular weight is 266 g/mol. The minimum atomic E-state index is -0.305. The molecular weight excluding hydrogens is 236 g/mol. The van der Waals surface area contributed by atoms with Gasteiger partial charge in [0.25, 0.3) is 0 Å². The van der Waals surface area contributed by atoms with Gasteiger partial charge in [0, 0.05) is 32.2 Å². The fourth-order valence-electron chi connectivity index (χ4n) is 4.85. The summed E-state index contributed by atoms with van der Waals surface area (Å²) in [5.74, 6) is 1.16. The maximum Gasteiger partial charge on any atom is 0.0705 e. The van der Waals surface area contributed by atoms with Crippen LogP contribution in [0.15, 0.2) is 0 Å². The van der Waals surface area contributed by atoms with E-state index in [4.69, 9.17) is 0 Å². The number of nitrogens with zero attached hydrogens (tertiary/aromatic N) is 1. The number of rotatable bonds is 4. The minimum absolute atomic E-state index is 0.305. The SMILES string of the molecule is CCCCC1(O)C2CCC1CC(N1CCNCC1)C2. The molecule has 0 aromatic heterocycles. The van der Waals surface area contributed by atoms with Gasteiger partial charge in [-0.25, -0.2) is 0 Å². The average Bonchev–Trinajstić information content (AvgIpc) is 2.65. The van der Waals surface area contributed by atoms with Gasteiger partial charge in [0.2, 0.25) is 0 Å². The molecule has 3 aliphatic rings. The van der Waals surface area contributed by atoms with Crippen molar-refractivity contribution >= 4 is 0 Å². The molecule has 1 saturated heterocycles. The highest BCUT2D eigenvalue weighted by Gasteiger charge is 2.53. The molecule has 3 rings (SSSR count). The van der Waals surface area contributed by atoms with E-state index in [1.165, 1.54) is 51.6 Å². The first kappa shape index (κ1) is 13.8. The Kier molecular flexibility index (Phi) is 4.16. The van der Waals surface area contributed by atoms with Crippen LogP contribution in [0.25, 0.3) is 0 Å². The van der Waals surface area contributed by atoms with E-state index in [-0.39, 0.29) is 5.60 Å². The summed E-state index contributed by atoms with van der Waals surface area (Å²) in [6.45, 7) is 6.94. The van der Waals surface area contributed by atoms with Crippen molar-refractivity contribution in [3.05, 3.63) is 0 Å². The van der Waals surface area contributed by atoms with E-state index in [1.807, 2.05) is 0 Å². The molecule has 0 aromatic rings. The van der Waals surface area contributed by atoms with Gasteiger partial charge in [-0.05, 0) is 43.9 Å². The lowest BCUT2D eigenvalue weighted by atomic mass is 9.69. The van der Waals surface area contributed by atoms with Gasteiger partial charge in [-0.2, -0.15) is 0 Å². The zero-order valence-electron chi connectivity index (χ0n) is 12.4. The molecule has 1 heterocycles. The van der Waals surface area contributed by atoms with Crippen LogP contribution < -0.4 is 5.32 Å². The van der Waals surface area contributed by atoms with Crippen LogP contribution in [0.3, 0.4) is 0 Å². The van der Waals surface area contributed by atoms with Gasteiger partial charge in [-0.3, -0.25) is 4.90 Å². The van der Waals surface area contributed by atoms with E-state index < -0.39 is 0 Å². The second-order valence-corrected chi connectivity index (χ2v) is 6.98. The molecule has 110 valence electrons. The highest BCUT2D eigenvalue weighted by atomic mass is 16.3. The molecule has 3 heteroatoms. The van der Waals surface area contributed by atoms with Gasteiger partial charge < -0.3 is 10.4 Å². The smallest absolute Gasteiger partial charge is 0.0705 e. The molecule has 2 saturated carbocycles. The molecule has 2 N–H and O–H groups in total. The summed E-state index contributed by atoms with van der Waals surface area (Å²) in [7, 11) is 0. The van der Waals surface area contributed by atoms with Crippen LogP contribution in [-0.2, 0) is 0 Å². The van der Waals surface area contributed by atoms with Crippen molar-refractivity contribution in [2.24, 2.45) is 11.8 Å². The van der Waals surface area contributed by atoms with Crippen molar-refractivity contribution in [1.82, 2.24) is 10.2 Å². The summed E-state index contributed by atoms with van der Waals surface area (Å²) in [6.07, 6.45) is 8.49. The standard InChI is InChI=1S/C16H30N2O/c1-2-3-6-16(19)13-4-5-14(16)12-15(11-13)18-9-7-17-8-10-18/h13-15,17,19H,2-12H2,1H3. The highest BCUT2D eigenvalue weighted by Crippen LogP contribution is 2.52. The second-order valence-electron chi connectivity index (χ2n) is 6.98. The highest BCUT2D eigenvalue weighted by molar-refractivity contribution is 5.05. The molecule has 0 aromatic carbocycles. The minimum Gasteiger partial charge on any atom is -0.389 e. The van der Waals surface area contributed by atoms with E-state index in [1.54, 1.807) is 0 Å². The van der Waals surface area contributed by atoms with Crippen molar-refractivity contribution in [3.8, 4) is 0 Å². The van der Waals surface area contributed by atoms with E-state index >= 15 is 0 Å². The van der Waals surface area contributed by atoms with E-state index in [0.29, 0.717) is 11.8 Å². The van der Waals surface area contributed by atoms with E-state index in [0.717, 1.165) is 25.6 Å². The van der Waals surface area contributed by atoms with Crippen molar-refractivity contribution < 1.29 is 5.11 Å². The summed E-state index contributed by atoms with van der Waals surface area (Å²) >= 11 is 0. The molecule has 1 aliphatic heterocycles. The first-order valence-electron chi connectivity index (χ1n) is 8.41. The van der Waals surface area contributed by atoms with Gasteiger partial charge in [-0.15, -0.1) is 0 Å². The van der Waals surface area contributed by atoms with Crippen molar-refractivity contribution in [1.29, 1.82) is 0 Å². The largest absolute Gasteiger partial charge is 0.389 e. The Morgan fingerprint density at radius 3 is 2.37 bits per heavy atom. The summed E-state index contributed by atoms with van der Waals surface area (Å²) in [5.41, 5.74) is -0.305. The number of unbranched alkanes of at least 4 members (excludes halogenated alkanes) is 1. The first-order chi connectivity index (χ1) is 9.24. The molecule has 0 amide bonds. The first-order valence-corrected chi connectivity index (χ1v) is 8.41. The second kappa shape index (κ2) is 5.71. The fraction of sp³-hybridized carbons (Fsp3) is 1.00. The predicted octanol–water partition coefficient (Wildman–Crippen LogP) is 2.00. The quantitative estimate of drug-likeness (QED) is 0.817. The number of hydrogen-bond acceptors (Lipinski definition) is 3. The van der Waals surface area contributed by atoms with Crippen molar-refractivity contribution in [3.63, 3.8) is 0 Å². The Labute approximate surface area is 117 Å². The lowest BCUT2D eigenvalue weighted by molar-refractivity contribution is -0.0886. The Morgan fingerprint density at radius 2 is 1.79 bits per heavy atom. The maximum atomic E-state index is 11.1. The van der Waals surface area contributed by atoms with Crippen LogP contribution >= 0.6 is 0 Å². The molecule has 0 radical (unpaired) electrons. The van der Waals surface area contributed by atoms with Gasteiger partial charge in [0.15, 0.2) is 0 Å². The fourth-order valence-corrected chi connectivity index (χ4v) is 4.85. The normalized spacial score (nSPS) is 43.6. The van der Waals surface area contributed by atoms with Crippen LogP contribution in [0.1, 0.15) is 51.9 Å². The molecule has 3 fully saturated rings. The predicted molar refractivity (Wildman–Crippen MR) is 78.2 cm³/mol. The van der Waals surface area contributed by atoms with Gasteiger partial charge >= 0.3 is 0 Å². The van der Waals surface area contributed by atoms with Crippen LogP contribution in [0.5, 0.6) is 0 Å². The molecule has 0 spiro atoms. The van der Waals surface area contributed by atoms with Crippen LogP contribution in [0, 0.1) is 11.8 Å². The van der Waals surface area contributed by atoms with Crippen LogP contribution in [-0.4, -0.2) is 47.8 Å². The third-order valence-electron chi connectivity index (χ3n) is 5.99. The van der Waals surface area contributed by atoms with Crippen molar-refractivity contribution in [2.45, 2.75) is 63.5 Å². The lowest BCUT2D eigenvalue weighted by Crippen LogP contribution is -2.54. The summed E-state index contributed by atoms with van der Waals surface area (Å²) in [4.78, 5) is 2.68. The zero-order valence-corrected chi connectivity index (χ0v) is 12.4. The number of hydrogen-bond donors (Lipinski definition) is 2. The third kappa shape index (κ3) is 2.57. The lowest BCUT2D eigenvalue weighted by Gasteiger charge is -2.47. The summed E-state index contributed by atoms with van der Waals surface area (Å²) < 4.78 is 0. The molecule has 2 aliphatic carbocycles. The van der Waals surface area contributed by atoms with Crippen LogP contribution in [0.2, 0.25) is 0 Å². The zero-order chi connectivity index (χ0) is 13.3.